The summed E-state index contributed by atoms with van der Waals surface area (Å²) < 4.78 is 6.64. The molecule has 0 spiro atoms. The Bertz CT molecular complexity index is 1630. The van der Waals surface area contributed by atoms with Crippen molar-refractivity contribution in [1.82, 2.24) is 5.43 Å². The third kappa shape index (κ3) is 4.47. The topological polar surface area (TPSA) is 88.0 Å². The predicted molar refractivity (Wildman–Crippen MR) is 139 cm³/mol. The smallest absolute Gasteiger partial charge is 0.355 e. The number of esters is 1. The number of phenolic OH excluding ortho intramolecular Hbond substituents is 1. The lowest BCUT2D eigenvalue weighted by Crippen LogP contribution is -2.18. The molecular formula is C27H17ClN2O4S. The van der Waals surface area contributed by atoms with E-state index in [4.69, 9.17) is 16.3 Å². The first-order chi connectivity index (χ1) is 17.0. The number of carbonyl (C=O) groups is 2. The predicted octanol–water partition coefficient (Wildman–Crippen LogP) is 6.40. The molecule has 0 aliphatic carbocycles. The second-order valence-electron chi connectivity index (χ2n) is 7.55. The molecule has 6 nitrogen and oxygen atoms in total. The molecular weight excluding hydrogens is 484 g/mol. The number of aromatic hydroxyl groups is 1. The zero-order valence-electron chi connectivity index (χ0n) is 18.1. The van der Waals surface area contributed by atoms with Gasteiger partial charge in [0.2, 0.25) is 0 Å². The first-order valence-corrected chi connectivity index (χ1v) is 11.7. The van der Waals surface area contributed by atoms with Gasteiger partial charge in [-0.1, -0.05) is 72.3 Å². The molecule has 1 heterocycles. The zero-order chi connectivity index (χ0) is 24.4. The lowest BCUT2D eigenvalue weighted by Gasteiger charge is -2.10. The van der Waals surface area contributed by atoms with Gasteiger partial charge in [0.15, 0.2) is 0 Å². The Labute approximate surface area is 209 Å². The SMILES string of the molecule is O=C(N/N=C\c1c(OC(=O)c2sc3ccccc3c2Cl)ccc2ccccc12)c1ccccc1O. The van der Waals surface area contributed by atoms with Crippen LogP contribution in [0.25, 0.3) is 20.9 Å². The maximum atomic E-state index is 13.1. The molecule has 0 radical (unpaired) electrons. The van der Waals surface area contributed by atoms with Gasteiger partial charge in [-0.3, -0.25) is 4.79 Å². The summed E-state index contributed by atoms with van der Waals surface area (Å²) in [6.07, 6.45) is 1.41. The number of nitrogens with zero attached hydrogens (tertiary/aromatic N) is 1. The van der Waals surface area contributed by atoms with Crippen molar-refractivity contribution in [3.8, 4) is 11.5 Å². The van der Waals surface area contributed by atoms with E-state index in [1.807, 2.05) is 54.6 Å². The number of para-hydroxylation sites is 1. The van der Waals surface area contributed by atoms with Gasteiger partial charge in [0, 0.05) is 15.6 Å². The first-order valence-electron chi connectivity index (χ1n) is 10.6. The molecule has 5 aromatic rings. The third-order valence-corrected chi connectivity index (χ3v) is 7.02. The van der Waals surface area contributed by atoms with Crippen LogP contribution >= 0.6 is 22.9 Å². The fourth-order valence-electron chi connectivity index (χ4n) is 3.67. The van der Waals surface area contributed by atoms with Crippen LogP contribution in [0.5, 0.6) is 11.5 Å². The van der Waals surface area contributed by atoms with E-state index in [2.05, 4.69) is 10.5 Å². The molecule has 0 unspecified atom stereocenters. The minimum absolute atomic E-state index is 0.0913. The molecule has 35 heavy (non-hydrogen) atoms. The minimum atomic E-state index is -0.584. The van der Waals surface area contributed by atoms with E-state index in [1.54, 1.807) is 18.2 Å². The molecule has 5 rings (SSSR count). The van der Waals surface area contributed by atoms with Gasteiger partial charge >= 0.3 is 5.97 Å². The highest BCUT2D eigenvalue weighted by Gasteiger charge is 2.20. The Morgan fingerprint density at radius 3 is 2.43 bits per heavy atom. The zero-order valence-corrected chi connectivity index (χ0v) is 19.6. The van der Waals surface area contributed by atoms with Crippen molar-refractivity contribution in [2.24, 2.45) is 5.10 Å². The number of amides is 1. The molecule has 0 fully saturated rings. The summed E-state index contributed by atoms with van der Waals surface area (Å²) >= 11 is 7.72. The number of nitrogens with one attached hydrogen (secondary N) is 1. The van der Waals surface area contributed by atoms with Gasteiger partial charge in [0.1, 0.15) is 16.4 Å². The van der Waals surface area contributed by atoms with Gasteiger partial charge in [0.05, 0.1) is 16.8 Å². The van der Waals surface area contributed by atoms with E-state index in [-0.39, 0.29) is 17.1 Å². The second kappa shape index (κ2) is 9.58. The van der Waals surface area contributed by atoms with Gasteiger partial charge < -0.3 is 9.84 Å². The van der Waals surface area contributed by atoms with Crippen molar-refractivity contribution >= 4 is 61.9 Å². The lowest BCUT2D eigenvalue weighted by atomic mass is 10.0. The first kappa shape index (κ1) is 22.6. The highest BCUT2D eigenvalue weighted by Crippen LogP contribution is 2.36. The summed E-state index contributed by atoms with van der Waals surface area (Å²) in [4.78, 5) is 25.8. The Morgan fingerprint density at radius 2 is 1.63 bits per heavy atom. The molecule has 0 aliphatic rings. The number of thiophene rings is 1. The van der Waals surface area contributed by atoms with Crippen LogP contribution in [0.3, 0.4) is 0 Å². The molecule has 0 saturated carbocycles. The van der Waals surface area contributed by atoms with Crippen LogP contribution in [0.4, 0.5) is 0 Å². The number of benzene rings is 4. The third-order valence-electron chi connectivity index (χ3n) is 5.36. The summed E-state index contributed by atoms with van der Waals surface area (Å²) in [5, 5.41) is 16.8. The van der Waals surface area contributed by atoms with Crippen LogP contribution in [0, 0.1) is 0 Å². The molecule has 0 bridgehead atoms. The van der Waals surface area contributed by atoms with Crippen molar-refractivity contribution in [3.05, 3.63) is 106 Å². The maximum absolute atomic E-state index is 13.1. The number of hydrazone groups is 1. The summed E-state index contributed by atoms with van der Waals surface area (Å²) in [5.41, 5.74) is 3.00. The van der Waals surface area contributed by atoms with Crippen molar-refractivity contribution < 1.29 is 19.4 Å². The quantitative estimate of drug-likeness (QED) is 0.126. The molecule has 0 aliphatic heterocycles. The van der Waals surface area contributed by atoms with Gasteiger partial charge in [-0.25, -0.2) is 10.2 Å². The molecule has 172 valence electrons. The normalized spacial score (nSPS) is 11.2. The molecule has 8 heteroatoms. The molecule has 1 aromatic heterocycles. The lowest BCUT2D eigenvalue weighted by molar-refractivity contribution is 0.0739. The molecule has 0 atom stereocenters. The average molecular weight is 501 g/mol. The van der Waals surface area contributed by atoms with Gasteiger partial charge in [-0.15, -0.1) is 11.3 Å². The fraction of sp³-hybridized carbons (Fsp3) is 0. The molecule has 2 N–H and O–H groups in total. The number of phenols is 1. The van der Waals surface area contributed by atoms with Gasteiger partial charge in [-0.05, 0) is 35.0 Å². The van der Waals surface area contributed by atoms with E-state index in [1.165, 1.54) is 29.7 Å². The number of rotatable bonds is 5. The van der Waals surface area contributed by atoms with Crippen LogP contribution < -0.4 is 10.2 Å². The molecule has 4 aromatic carbocycles. The Morgan fingerprint density at radius 1 is 0.914 bits per heavy atom. The van der Waals surface area contributed by atoms with E-state index in [0.29, 0.717) is 15.5 Å². The van der Waals surface area contributed by atoms with E-state index < -0.39 is 11.9 Å². The highest BCUT2D eigenvalue weighted by molar-refractivity contribution is 7.21. The van der Waals surface area contributed by atoms with Crippen molar-refractivity contribution in [2.75, 3.05) is 0 Å². The van der Waals surface area contributed by atoms with Crippen molar-refractivity contribution in [3.63, 3.8) is 0 Å². The largest absolute Gasteiger partial charge is 0.507 e. The number of ether oxygens (including phenoxy) is 1. The van der Waals surface area contributed by atoms with Crippen molar-refractivity contribution in [2.45, 2.75) is 0 Å². The van der Waals surface area contributed by atoms with Crippen LogP contribution in [-0.4, -0.2) is 23.2 Å². The number of carbonyl (C=O) groups excluding carboxylic acids is 2. The summed E-state index contributed by atoms with van der Waals surface area (Å²) in [5.74, 6) is -1.04. The molecule has 1 amide bonds. The number of hydrogen-bond acceptors (Lipinski definition) is 6. The van der Waals surface area contributed by atoms with Gasteiger partial charge in [-0.2, -0.15) is 5.10 Å². The van der Waals surface area contributed by atoms with Crippen molar-refractivity contribution in [1.29, 1.82) is 0 Å². The Balaban J connectivity index is 1.47. The van der Waals surface area contributed by atoms with Crippen LogP contribution in [0.1, 0.15) is 25.6 Å². The van der Waals surface area contributed by atoms with Crippen LogP contribution in [0.15, 0.2) is 90.0 Å². The monoisotopic (exact) mass is 500 g/mol. The van der Waals surface area contributed by atoms with Crippen LogP contribution in [-0.2, 0) is 0 Å². The maximum Gasteiger partial charge on any atom is 0.355 e. The number of hydrogen-bond donors (Lipinski definition) is 2. The van der Waals surface area contributed by atoms with Gasteiger partial charge in [0.25, 0.3) is 5.91 Å². The van der Waals surface area contributed by atoms with E-state index >= 15 is 0 Å². The fourth-order valence-corrected chi connectivity index (χ4v) is 5.06. The van der Waals surface area contributed by atoms with Crippen LogP contribution in [0.2, 0.25) is 5.02 Å². The van der Waals surface area contributed by atoms with E-state index in [0.717, 1.165) is 20.9 Å². The highest BCUT2D eigenvalue weighted by atomic mass is 35.5. The van der Waals surface area contributed by atoms with E-state index in [9.17, 15) is 14.7 Å². The standard InChI is InChI=1S/C27H17ClN2O4S/c28-24-19-10-4-6-12-23(19)35-25(24)27(33)34-22-14-13-16-7-1-2-8-17(16)20(22)15-29-30-26(32)18-9-3-5-11-21(18)31/h1-15,31H,(H,30,32)/b29-15-. The Hall–Kier alpha value is -4.20. The summed E-state index contributed by atoms with van der Waals surface area (Å²) in [7, 11) is 0. The second-order valence-corrected chi connectivity index (χ2v) is 8.98. The minimum Gasteiger partial charge on any atom is -0.507 e. The Kier molecular flexibility index (Phi) is 6.18. The summed E-state index contributed by atoms with van der Waals surface area (Å²) in [6, 6.07) is 24.7. The summed E-state index contributed by atoms with van der Waals surface area (Å²) in [6.45, 7) is 0. The number of fused-ring (bicyclic) bond motifs is 2. The molecule has 0 saturated heterocycles. The number of halogens is 1. The average Bonchev–Trinajstić information content (AvgIpc) is 3.22.